The lowest BCUT2D eigenvalue weighted by atomic mass is 9.96. The summed E-state index contributed by atoms with van der Waals surface area (Å²) in [5.74, 6) is -4.22. The minimum atomic E-state index is -0.925. The molecule has 12 heteroatoms. The van der Waals surface area contributed by atoms with Gasteiger partial charge >= 0.3 is 11.9 Å². The van der Waals surface area contributed by atoms with E-state index in [0.29, 0.717) is 79.0 Å². The van der Waals surface area contributed by atoms with Crippen molar-refractivity contribution in [1.82, 2.24) is 9.80 Å². The van der Waals surface area contributed by atoms with Crippen LogP contribution >= 0.6 is 0 Å². The lowest BCUT2D eigenvalue weighted by Crippen LogP contribution is -2.41. The van der Waals surface area contributed by atoms with Gasteiger partial charge in [-0.25, -0.2) is 0 Å². The zero-order chi connectivity index (χ0) is 28.5. The molecule has 38 heavy (non-hydrogen) atoms. The van der Waals surface area contributed by atoms with Crippen molar-refractivity contribution >= 4 is 23.8 Å². The first kappa shape index (κ1) is 33.7. The van der Waals surface area contributed by atoms with Crippen LogP contribution in [0.25, 0.3) is 0 Å². The topological polar surface area (TPSA) is 152 Å². The molecule has 0 spiro atoms. The summed E-state index contributed by atoms with van der Waals surface area (Å²) in [5, 5.41) is 18.3. The Morgan fingerprint density at radius 2 is 0.789 bits per heavy atom. The van der Waals surface area contributed by atoms with Crippen molar-refractivity contribution in [2.24, 2.45) is 23.7 Å². The number of aliphatic carboxylic acids is 2. The Labute approximate surface area is 225 Å². The maximum Gasteiger partial charge on any atom is 0.306 e. The lowest BCUT2D eigenvalue weighted by Gasteiger charge is -2.27. The van der Waals surface area contributed by atoms with Crippen LogP contribution in [0, 0.1) is 23.7 Å². The highest BCUT2D eigenvalue weighted by Crippen LogP contribution is 2.16. The number of hydrogen-bond donors (Lipinski definition) is 2. The first-order valence-electron chi connectivity index (χ1n) is 13.4. The van der Waals surface area contributed by atoms with E-state index in [2.05, 4.69) is 0 Å². The van der Waals surface area contributed by atoms with Crippen LogP contribution in [0.3, 0.4) is 0 Å². The van der Waals surface area contributed by atoms with Gasteiger partial charge in [-0.2, -0.15) is 0 Å². The van der Waals surface area contributed by atoms with Crippen LogP contribution in [0.5, 0.6) is 0 Å². The molecule has 1 heterocycles. The summed E-state index contributed by atoms with van der Waals surface area (Å²) in [6, 6.07) is 0. The summed E-state index contributed by atoms with van der Waals surface area (Å²) >= 11 is 0. The third-order valence-corrected chi connectivity index (χ3v) is 6.49. The van der Waals surface area contributed by atoms with Crippen LogP contribution in [0.4, 0.5) is 0 Å². The molecule has 2 amide bonds. The number of hydrogen-bond acceptors (Lipinski definition) is 8. The van der Waals surface area contributed by atoms with Gasteiger partial charge in [-0.15, -0.1) is 0 Å². The molecule has 0 aromatic carbocycles. The Kier molecular flexibility index (Phi) is 16.8. The van der Waals surface area contributed by atoms with E-state index in [1.807, 2.05) is 0 Å². The molecule has 0 saturated carbocycles. The molecule has 1 aliphatic heterocycles. The Morgan fingerprint density at radius 3 is 1.03 bits per heavy atom. The van der Waals surface area contributed by atoms with E-state index in [1.165, 1.54) is 0 Å². The third-order valence-electron chi connectivity index (χ3n) is 6.49. The molecule has 0 aromatic rings. The number of carbonyl (C=O) groups is 4. The third kappa shape index (κ3) is 13.5. The molecule has 4 unspecified atom stereocenters. The fourth-order valence-corrected chi connectivity index (χ4v) is 4.09. The van der Waals surface area contributed by atoms with Gasteiger partial charge in [0, 0.05) is 38.0 Å². The quantitative estimate of drug-likeness (QED) is 0.454. The number of rotatable bonds is 8. The molecule has 220 valence electrons. The molecule has 1 saturated heterocycles. The number of carbonyl (C=O) groups excluding carboxylic acids is 2. The van der Waals surface area contributed by atoms with Gasteiger partial charge in [-0.1, -0.05) is 27.7 Å². The predicted molar refractivity (Wildman–Crippen MR) is 138 cm³/mol. The standard InChI is InChI=1S/C26H46N2O10/c1-19(17-21(3)25(31)32)23(29)27-5-9-35-13-15-37-11-7-28(8-12-38-16-14-36-10-6-27)24(30)20(2)18-22(4)26(33)34/h19-22H,5-18H2,1-4H3,(H,31,32)(H,33,34). The Balaban J connectivity index is 2.63. The summed E-state index contributed by atoms with van der Waals surface area (Å²) < 4.78 is 22.5. The van der Waals surface area contributed by atoms with Gasteiger partial charge in [0.25, 0.3) is 0 Å². The normalized spacial score (nSPS) is 20.8. The van der Waals surface area contributed by atoms with Crippen LogP contribution in [0.2, 0.25) is 0 Å². The number of nitrogens with zero attached hydrogens (tertiary/aromatic N) is 2. The van der Waals surface area contributed by atoms with Gasteiger partial charge in [0.05, 0.1) is 64.7 Å². The van der Waals surface area contributed by atoms with Gasteiger partial charge in [0.15, 0.2) is 0 Å². The van der Waals surface area contributed by atoms with E-state index in [9.17, 15) is 19.2 Å². The molecular formula is C26H46N2O10. The van der Waals surface area contributed by atoms with Crippen molar-refractivity contribution in [3.63, 3.8) is 0 Å². The number of amides is 2. The first-order chi connectivity index (χ1) is 18.0. The monoisotopic (exact) mass is 546 g/mol. The largest absolute Gasteiger partial charge is 0.481 e. The van der Waals surface area contributed by atoms with Crippen molar-refractivity contribution in [2.75, 3.05) is 79.0 Å². The molecule has 0 radical (unpaired) electrons. The smallest absolute Gasteiger partial charge is 0.306 e. The van der Waals surface area contributed by atoms with Crippen LogP contribution in [0.15, 0.2) is 0 Å². The minimum Gasteiger partial charge on any atom is -0.481 e. The highest BCUT2D eigenvalue weighted by Gasteiger charge is 2.26. The fraction of sp³-hybridized carbons (Fsp3) is 0.846. The number of carboxylic acid groups (broad SMARTS) is 2. The highest BCUT2D eigenvalue weighted by atomic mass is 16.5. The van der Waals surface area contributed by atoms with Crippen molar-refractivity contribution in [3.8, 4) is 0 Å². The van der Waals surface area contributed by atoms with Gasteiger partial charge in [0.1, 0.15) is 0 Å². The van der Waals surface area contributed by atoms with Crippen molar-refractivity contribution in [3.05, 3.63) is 0 Å². The molecule has 1 aliphatic rings. The van der Waals surface area contributed by atoms with E-state index in [-0.39, 0.29) is 24.7 Å². The van der Waals surface area contributed by atoms with Crippen LogP contribution < -0.4 is 0 Å². The summed E-state index contributed by atoms with van der Waals surface area (Å²) in [4.78, 5) is 51.4. The summed E-state index contributed by atoms with van der Waals surface area (Å²) in [5.41, 5.74) is 0. The molecule has 0 aliphatic carbocycles. The second-order valence-electron chi connectivity index (χ2n) is 9.85. The maximum absolute atomic E-state index is 12.9. The molecule has 0 aromatic heterocycles. The van der Waals surface area contributed by atoms with Crippen LogP contribution in [-0.2, 0) is 38.1 Å². The first-order valence-corrected chi connectivity index (χ1v) is 13.4. The van der Waals surface area contributed by atoms with Crippen molar-refractivity contribution in [1.29, 1.82) is 0 Å². The Hall–Kier alpha value is -2.28. The second kappa shape index (κ2) is 18.9. The average Bonchev–Trinajstić information content (AvgIpc) is 2.87. The van der Waals surface area contributed by atoms with E-state index in [1.54, 1.807) is 37.5 Å². The Bertz CT molecular complexity index is 655. The van der Waals surface area contributed by atoms with E-state index in [0.717, 1.165) is 0 Å². The minimum absolute atomic E-state index is 0.135. The highest BCUT2D eigenvalue weighted by molar-refractivity contribution is 5.80. The zero-order valence-corrected chi connectivity index (χ0v) is 23.3. The molecule has 0 bridgehead atoms. The molecule has 1 fully saturated rings. The van der Waals surface area contributed by atoms with E-state index >= 15 is 0 Å². The molecule has 2 N–H and O–H groups in total. The van der Waals surface area contributed by atoms with Crippen molar-refractivity contribution in [2.45, 2.75) is 40.5 Å². The van der Waals surface area contributed by atoms with Gasteiger partial charge in [0.2, 0.25) is 11.8 Å². The Morgan fingerprint density at radius 1 is 0.526 bits per heavy atom. The van der Waals surface area contributed by atoms with Crippen LogP contribution in [0.1, 0.15) is 40.5 Å². The molecular weight excluding hydrogens is 500 g/mol. The molecule has 1 rings (SSSR count). The maximum atomic E-state index is 12.9. The van der Waals surface area contributed by atoms with E-state index in [4.69, 9.17) is 29.2 Å². The number of carboxylic acids is 2. The molecule has 12 nitrogen and oxygen atoms in total. The zero-order valence-electron chi connectivity index (χ0n) is 23.3. The summed E-state index contributed by atoms with van der Waals surface area (Å²) in [7, 11) is 0. The van der Waals surface area contributed by atoms with Crippen LogP contribution in [-0.4, -0.2) is 123 Å². The van der Waals surface area contributed by atoms with Gasteiger partial charge < -0.3 is 39.0 Å². The van der Waals surface area contributed by atoms with Crippen molar-refractivity contribution < 1.29 is 48.3 Å². The summed E-state index contributed by atoms with van der Waals surface area (Å²) in [6.45, 7) is 10.5. The average molecular weight is 547 g/mol. The summed E-state index contributed by atoms with van der Waals surface area (Å²) in [6.07, 6.45) is 0.510. The lowest BCUT2D eigenvalue weighted by molar-refractivity contribution is -0.145. The predicted octanol–water partition coefficient (Wildman–Crippen LogP) is 1.22. The van der Waals surface area contributed by atoms with Gasteiger partial charge in [-0.3, -0.25) is 19.2 Å². The fourth-order valence-electron chi connectivity index (χ4n) is 4.09. The van der Waals surface area contributed by atoms with Gasteiger partial charge in [-0.05, 0) is 12.8 Å². The number of ether oxygens (including phenoxy) is 4. The SMILES string of the molecule is CC(CC(C)C(=O)N1CCOCCOCCN(C(=O)C(C)CC(C)C(=O)O)CCOCCOCC1)C(=O)O. The molecule has 4 atom stereocenters. The second-order valence-corrected chi connectivity index (χ2v) is 9.85. The van der Waals surface area contributed by atoms with E-state index < -0.39 is 35.6 Å².